The first kappa shape index (κ1) is 13.0. The van der Waals surface area contributed by atoms with Crippen molar-refractivity contribution in [3.63, 3.8) is 0 Å². The van der Waals surface area contributed by atoms with E-state index in [0.717, 1.165) is 23.2 Å². The van der Waals surface area contributed by atoms with Crippen LogP contribution in [0.15, 0.2) is 22.9 Å². The number of hydrogen-bond acceptors (Lipinski definition) is 3. The Balaban J connectivity index is 1.60. The monoisotopic (exact) mass is 298 g/mol. The van der Waals surface area contributed by atoms with Crippen LogP contribution in [-0.4, -0.2) is 24.2 Å². The lowest BCUT2D eigenvalue weighted by atomic mass is 10.0. The molecular weight excluding hydrogens is 280 g/mol. The van der Waals surface area contributed by atoms with Gasteiger partial charge in [0.05, 0.1) is 6.61 Å². The molecule has 3 nitrogen and oxygen atoms in total. The van der Waals surface area contributed by atoms with Gasteiger partial charge in [0.15, 0.2) is 0 Å². The lowest BCUT2D eigenvalue weighted by Crippen LogP contribution is -2.34. The van der Waals surface area contributed by atoms with E-state index in [9.17, 15) is 0 Å². The normalized spacial score (nSPS) is 20.4. The Bertz CT molecular complexity index is 323. The van der Waals surface area contributed by atoms with E-state index in [2.05, 4.69) is 26.2 Å². The molecule has 94 valence electrons. The summed E-state index contributed by atoms with van der Waals surface area (Å²) in [5.41, 5.74) is 1.13. The molecule has 0 saturated carbocycles. The van der Waals surface area contributed by atoms with Crippen molar-refractivity contribution in [1.82, 2.24) is 10.3 Å². The third-order valence-corrected chi connectivity index (χ3v) is 3.55. The van der Waals surface area contributed by atoms with Gasteiger partial charge in [-0.15, -0.1) is 0 Å². The molecular formula is C13H19BrN2O. The van der Waals surface area contributed by atoms with Crippen LogP contribution in [0.25, 0.3) is 0 Å². The molecule has 0 aliphatic carbocycles. The molecule has 1 N–H and O–H groups in total. The maximum atomic E-state index is 5.67. The van der Waals surface area contributed by atoms with Crippen LogP contribution in [0.4, 0.5) is 0 Å². The van der Waals surface area contributed by atoms with Gasteiger partial charge in [-0.1, -0.05) is 12.5 Å². The van der Waals surface area contributed by atoms with Crippen molar-refractivity contribution in [2.75, 3.05) is 13.2 Å². The fourth-order valence-electron chi connectivity index (χ4n) is 2.08. The van der Waals surface area contributed by atoms with Crippen LogP contribution in [-0.2, 0) is 11.3 Å². The summed E-state index contributed by atoms with van der Waals surface area (Å²) in [5.74, 6) is 0. The molecule has 1 fully saturated rings. The number of pyridine rings is 1. The van der Waals surface area contributed by atoms with Gasteiger partial charge in [0.2, 0.25) is 0 Å². The Kier molecular flexibility index (Phi) is 5.42. The zero-order chi connectivity index (χ0) is 11.9. The molecule has 0 amide bonds. The standard InChI is InChI=1S/C13H19BrN2O/c14-13-5-4-11(9-16-13)10-17-8-6-12-3-1-2-7-15-12/h4-5,9,12,15H,1-3,6-8,10H2/t12-/m0/s1. The average Bonchev–Trinajstić information content (AvgIpc) is 2.38. The molecule has 0 bridgehead atoms. The predicted molar refractivity (Wildman–Crippen MR) is 71.9 cm³/mol. The topological polar surface area (TPSA) is 34.1 Å². The number of rotatable bonds is 5. The highest BCUT2D eigenvalue weighted by Gasteiger charge is 2.11. The van der Waals surface area contributed by atoms with Gasteiger partial charge in [-0.05, 0) is 53.4 Å². The number of nitrogens with zero attached hydrogens (tertiary/aromatic N) is 1. The minimum atomic E-state index is 0.659. The molecule has 0 spiro atoms. The van der Waals surface area contributed by atoms with Gasteiger partial charge in [0.1, 0.15) is 4.60 Å². The van der Waals surface area contributed by atoms with Crippen molar-refractivity contribution in [3.05, 3.63) is 28.5 Å². The smallest absolute Gasteiger partial charge is 0.106 e. The zero-order valence-corrected chi connectivity index (χ0v) is 11.6. The Morgan fingerprint density at radius 2 is 2.35 bits per heavy atom. The van der Waals surface area contributed by atoms with Gasteiger partial charge >= 0.3 is 0 Å². The first-order valence-electron chi connectivity index (χ1n) is 6.26. The summed E-state index contributed by atoms with van der Waals surface area (Å²) in [6.07, 6.45) is 6.94. The number of nitrogens with one attached hydrogen (secondary N) is 1. The van der Waals surface area contributed by atoms with E-state index in [1.54, 1.807) is 0 Å². The highest BCUT2D eigenvalue weighted by molar-refractivity contribution is 9.10. The second-order valence-corrected chi connectivity index (χ2v) is 5.29. The molecule has 0 unspecified atom stereocenters. The van der Waals surface area contributed by atoms with Crippen LogP contribution < -0.4 is 5.32 Å². The predicted octanol–water partition coefficient (Wildman–Crippen LogP) is 2.89. The molecule has 0 aromatic carbocycles. The number of halogens is 1. The summed E-state index contributed by atoms with van der Waals surface area (Å²) < 4.78 is 6.54. The molecule has 2 heterocycles. The van der Waals surface area contributed by atoms with Gasteiger partial charge in [-0.2, -0.15) is 0 Å². The zero-order valence-electron chi connectivity index (χ0n) is 9.99. The minimum absolute atomic E-state index is 0.659. The van der Waals surface area contributed by atoms with Crippen LogP contribution in [0.3, 0.4) is 0 Å². The lowest BCUT2D eigenvalue weighted by molar-refractivity contribution is 0.108. The van der Waals surface area contributed by atoms with E-state index >= 15 is 0 Å². The van der Waals surface area contributed by atoms with Gasteiger partial charge in [0.25, 0.3) is 0 Å². The van der Waals surface area contributed by atoms with Crippen LogP contribution in [0, 0.1) is 0 Å². The molecule has 4 heteroatoms. The largest absolute Gasteiger partial charge is 0.377 e. The van der Waals surface area contributed by atoms with Crippen molar-refractivity contribution < 1.29 is 4.74 Å². The maximum Gasteiger partial charge on any atom is 0.106 e. The SMILES string of the molecule is Brc1ccc(COCC[C@@H]2CCCCN2)cn1. The van der Waals surface area contributed by atoms with Gasteiger partial charge in [-0.3, -0.25) is 0 Å². The maximum absolute atomic E-state index is 5.67. The Hall–Kier alpha value is -0.450. The van der Waals surface area contributed by atoms with E-state index in [0.29, 0.717) is 12.6 Å². The second kappa shape index (κ2) is 7.09. The number of ether oxygens (including phenoxy) is 1. The van der Waals surface area contributed by atoms with E-state index in [-0.39, 0.29) is 0 Å². The van der Waals surface area contributed by atoms with Crippen molar-refractivity contribution in [1.29, 1.82) is 0 Å². The van der Waals surface area contributed by atoms with E-state index < -0.39 is 0 Å². The fraction of sp³-hybridized carbons (Fsp3) is 0.615. The summed E-state index contributed by atoms with van der Waals surface area (Å²) in [7, 11) is 0. The summed E-state index contributed by atoms with van der Waals surface area (Å²) >= 11 is 3.32. The molecule has 2 rings (SSSR count). The quantitative estimate of drug-likeness (QED) is 0.670. The molecule has 1 saturated heterocycles. The molecule has 0 radical (unpaired) electrons. The Morgan fingerprint density at radius 1 is 1.41 bits per heavy atom. The molecule has 17 heavy (non-hydrogen) atoms. The molecule has 1 aromatic heterocycles. The molecule has 1 atom stereocenters. The Labute approximate surface area is 111 Å². The van der Waals surface area contributed by atoms with Gasteiger partial charge in [0, 0.05) is 18.8 Å². The molecule has 1 aliphatic heterocycles. The minimum Gasteiger partial charge on any atom is -0.377 e. The van der Waals surface area contributed by atoms with E-state index in [1.807, 2.05) is 18.3 Å². The number of hydrogen-bond donors (Lipinski definition) is 1. The lowest BCUT2D eigenvalue weighted by Gasteiger charge is -2.23. The summed E-state index contributed by atoms with van der Waals surface area (Å²) in [4.78, 5) is 4.17. The molecule has 1 aromatic rings. The number of aromatic nitrogens is 1. The highest BCUT2D eigenvalue weighted by atomic mass is 79.9. The van der Waals surface area contributed by atoms with Crippen LogP contribution >= 0.6 is 15.9 Å². The Morgan fingerprint density at radius 3 is 3.06 bits per heavy atom. The van der Waals surface area contributed by atoms with Crippen LogP contribution in [0.2, 0.25) is 0 Å². The second-order valence-electron chi connectivity index (χ2n) is 4.48. The summed E-state index contributed by atoms with van der Waals surface area (Å²) in [6, 6.07) is 4.64. The van der Waals surface area contributed by atoms with Crippen molar-refractivity contribution >= 4 is 15.9 Å². The number of piperidine rings is 1. The third-order valence-electron chi connectivity index (χ3n) is 3.08. The third kappa shape index (κ3) is 4.74. The van der Waals surface area contributed by atoms with E-state index in [1.165, 1.54) is 25.8 Å². The van der Waals surface area contributed by atoms with Gasteiger partial charge < -0.3 is 10.1 Å². The fourth-order valence-corrected chi connectivity index (χ4v) is 2.31. The first-order chi connectivity index (χ1) is 8.34. The van der Waals surface area contributed by atoms with Gasteiger partial charge in [-0.25, -0.2) is 4.98 Å². The first-order valence-corrected chi connectivity index (χ1v) is 7.05. The average molecular weight is 299 g/mol. The van der Waals surface area contributed by atoms with E-state index in [4.69, 9.17) is 4.74 Å². The van der Waals surface area contributed by atoms with Crippen LogP contribution in [0.5, 0.6) is 0 Å². The highest BCUT2D eigenvalue weighted by Crippen LogP contribution is 2.11. The summed E-state index contributed by atoms with van der Waals surface area (Å²) in [6.45, 7) is 2.65. The van der Waals surface area contributed by atoms with Crippen molar-refractivity contribution in [2.45, 2.75) is 38.3 Å². The van der Waals surface area contributed by atoms with Crippen molar-refractivity contribution in [3.8, 4) is 0 Å². The molecule has 1 aliphatic rings. The van der Waals surface area contributed by atoms with Crippen LogP contribution in [0.1, 0.15) is 31.2 Å². The van der Waals surface area contributed by atoms with Crippen molar-refractivity contribution in [2.24, 2.45) is 0 Å². The summed E-state index contributed by atoms with van der Waals surface area (Å²) in [5, 5.41) is 3.53.